The van der Waals surface area contributed by atoms with Gasteiger partial charge in [0.2, 0.25) is 5.91 Å². The molecule has 23 heavy (non-hydrogen) atoms. The highest BCUT2D eigenvalue weighted by molar-refractivity contribution is 5.89. The highest BCUT2D eigenvalue weighted by Gasteiger charge is 2.26. The quantitative estimate of drug-likeness (QED) is 0.647. The molecule has 0 spiro atoms. The number of ether oxygens (including phenoxy) is 1. The third-order valence-corrected chi connectivity index (χ3v) is 3.80. The Morgan fingerprint density at radius 3 is 2.43 bits per heavy atom. The second kappa shape index (κ2) is 8.12. The van der Waals surface area contributed by atoms with Crippen LogP contribution in [0.15, 0.2) is 36.4 Å². The maximum atomic E-state index is 12.0. The average Bonchev–Trinajstić information content (AvgIpc) is 2.58. The van der Waals surface area contributed by atoms with Gasteiger partial charge in [0.05, 0.1) is 0 Å². The molecule has 0 aromatic heterocycles. The maximum absolute atomic E-state index is 12.0. The third kappa shape index (κ3) is 5.25. The van der Waals surface area contributed by atoms with Crippen LogP contribution in [0.2, 0.25) is 0 Å². The fraction of sp³-hybridized carbons (Fsp3) is 0.353. The Hall–Kier alpha value is -2.63. The van der Waals surface area contributed by atoms with Crippen molar-refractivity contribution in [3.8, 4) is 0 Å². The zero-order chi connectivity index (χ0) is 16.7. The van der Waals surface area contributed by atoms with Crippen molar-refractivity contribution in [1.82, 2.24) is 4.90 Å². The Labute approximate surface area is 134 Å². The zero-order valence-corrected chi connectivity index (χ0v) is 12.8. The smallest absolute Gasteiger partial charge is 0.331 e. The second-order valence-corrected chi connectivity index (χ2v) is 5.41. The van der Waals surface area contributed by atoms with Gasteiger partial charge in [-0.1, -0.05) is 30.3 Å². The summed E-state index contributed by atoms with van der Waals surface area (Å²) in [6.07, 6.45) is 4.04. The lowest BCUT2D eigenvalue weighted by molar-refractivity contribution is -0.149. The fourth-order valence-corrected chi connectivity index (χ4v) is 2.41. The molecule has 1 aromatic rings. The topological polar surface area (TPSA) is 89.7 Å². The molecule has 6 heteroatoms. The minimum atomic E-state index is -0.561. The number of hydrogen-bond acceptors (Lipinski definition) is 4. The number of amides is 2. The molecule has 0 bridgehead atoms. The molecule has 6 nitrogen and oxygen atoms in total. The van der Waals surface area contributed by atoms with E-state index in [0.717, 1.165) is 5.56 Å². The van der Waals surface area contributed by atoms with Crippen molar-refractivity contribution < 1.29 is 19.1 Å². The van der Waals surface area contributed by atoms with Crippen molar-refractivity contribution in [3.05, 3.63) is 42.0 Å². The molecule has 1 aromatic carbocycles. The van der Waals surface area contributed by atoms with Gasteiger partial charge in [0.1, 0.15) is 0 Å². The van der Waals surface area contributed by atoms with Gasteiger partial charge >= 0.3 is 5.97 Å². The number of likely N-dealkylation sites (tertiary alicyclic amines) is 1. The average molecular weight is 316 g/mol. The molecule has 122 valence electrons. The molecule has 0 radical (unpaired) electrons. The number of carbonyl (C=O) groups excluding carboxylic acids is 3. The third-order valence-electron chi connectivity index (χ3n) is 3.80. The van der Waals surface area contributed by atoms with E-state index >= 15 is 0 Å². The largest absolute Gasteiger partial charge is 0.452 e. The number of esters is 1. The lowest BCUT2D eigenvalue weighted by Crippen LogP contribution is -2.43. The molecule has 0 saturated carbocycles. The van der Waals surface area contributed by atoms with Crippen LogP contribution in [-0.4, -0.2) is 42.4 Å². The number of carbonyl (C=O) groups is 3. The van der Waals surface area contributed by atoms with Gasteiger partial charge in [0, 0.05) is 25.1 Å². The number of rotatable bonds is 5. The number of primary amides is 1. The molecule has 1 aliphatic heterocycles. The molecule has 2 amide bonds. The van der Waals surface area contributed by atoms with E-state index in [1.54, 1.807) is 11.0 Å². The van der Waals surface area contributed by atoms with Gasteiger partial charge in [0.15, 0.2) is 6.61 Å². The van der Waals surface area contributed by atoms with Crippen molar-refractivity contribution in [2.45, 2.75) is 12.8 Å². The zero-order valence-electron chi connectivity index (χ0n) is 12.8. The van der Waals surface area contributed by atoms with Crippen LogP contribution in [0.25, 0.3) is 6.08 Å². The van der Waals surface area contributed by atoms with Crippen molar-refractivity contribution in [2.24, 2.45) is 11.7 Å². The normalized spacial score (nSPS) is 15.6. The summed E-state index contributed by atoms with van der Waals surface area (Å²) in [5.74, 6) is -1.31. The minimum absolute atomic E-state index is 0.171. The van der Waals surface area contributed by atoms with Crippen LogP contribution in [-0.2, 0) is 19.1 Å². The van der Waals surface area contributed by atoms with E-state index in [4.69, 9.17) is 10.5 Å². The Balaban J connectivity index is 1.73. The first-order valence-corrected chi connectivity index (χ1v) is 7.53. The van der Waals surface area contributed by atoms with Gasteiger partial charge in [-0.25, -0.2) is 4.79 Å². The van der Waals surface area contributed by atoms with E-state index in [1.807, 2.05) is 30.3 Å². The molecule has 1 saturated heterocycles. The molecule has 0 unspecified atom stereocenters. The van der Waals surface area contributed by atoms with Crippen molar-refractivity contribution >= 4 is 23.9 Å². The van der Waals surface area contributed by atoms with E-state index in [-0.39, 0.29) is 24.3 Å². The summed E-state index contributed by atoms with van der Waals surface area (Å²) in [5, 5.41) is 0. The van der Waals surface area contributed by atoms with Crippen molar-refractivity contribution in [3.63, 3.8) is 0 Å². The molecule has 1 aliphatic rings. The molecule has 2 N–H and O–H groups in total. The molecular weight excluding hydrogens is 296 g/mol. The Morgan fingerprint density at radius 1 is 1.17 bits per heavy atom. The van der Waals surface area contributed by atoms with Crippen LogP contribution in [0.4, 0.5) is 0 Å². The SMILES string of the molecule is NC(=O)C1CCN(C(=O)COC(=O)/C=C/c2ccccc2)CC1. The first-order chi connectivity index (χ1) is 11.1. The van der Waals surface area contributed by atoms with Gasteiger partial charge in [-0.05, 0) is 24.5 Å². The summed E-state index contributed by atoms with van der Waals surface area (Å²) in [7, 11) is 0. The van der Waals surface area contributed by atoms with Crippen LogP contribution in [0, 0.1) is 5.92 Å². The Kier molecular flexibility index (Phi) is 5.91. The lowest BCUT2D eigenvalue weighted by atomic mass is 9.96. The van der Waals surface area contributed by atoms with Gasteiger partial charge in [-0.3, -0.25) is 9.59 Å². The van der Waals surface area contributed by atoms with Crippen LogP contribution < -0.4 is 5.73 Å². The van der Waals surface area contributed by atoms with E-state index in [1.165, 1.54) is 6.08 Å². The molecule has 2 rings (SSSR count). The van der Waals surface area contributed by atoms with Gasteiger partial charge in [-0.2, -0.15) is 0 Å². The van der Waals surface area contributed by atoms with Gasteiger partial charge in [0.25, 0.3) is 5.91 Å². The van der Waals surface area contributed by atoms with Crippen molar-refractivity contribution in [2.75, 3.05) is 19.7 Å². The summed E-state index contributed by atoms with van der Waals surface area (Å²) in [6.45, 7) is 0.632. The monoisotopic (exact) mass is 316 g/mol. The van der Waals surface area contributed by atoms with Crippen LogP contribution in [0.1, 0.15) is 18.4 Å². The molecule has 0 aliphatic carbocycles. The van der Waals surface area contributed by atoms with E-state index in [9.17, 15) is 14.4 Å². The predicted molar refractivity (Wildman–Crippen MR) is 84.9 cm³/mol. The van der Waals surface area contributed by atoms with E-state index < -0.39 is 5.97 Å². The first kappa shape index (κ1) is 16.7. The van der Waals surface area contributed by atoms with Crippen LogP contribution in [0.5, 0.6) is 0 Å². The summed E-state index contributed by atoms with van der Waals surface area (Å²) in [5.41, 5.74) is 6.13. The van der Waals surface area contributed by atoms with E-state index in [2.05, 4.69) is 0 Å². The Bertz CT molecular complexity index is 590. The Morgan fingerprint density at radius 2 is 1.83 bits per heavy atom. The molecule has 1 heterocycles. The summed E-state index contributed by atoms with van der Waals surface area (Å²) >= 11 is 0. The number of nitrogens with zero attached hydrogens (tertiary/aromatic N) is 1. The van der Waals surface area contributed by atoms with Gasteiger partial charge in [-0.15, -0.1) is 0 Å². The molecule has 0 atom stereocenters. The second-order valence-electron chi connectivity index (χ2n) is 5.41. The number of benzene rings is 1. The maximum Gasteiger partial charge on any atom is 0.331 e. The van der Waals surface area contributed by atoms with Crippen molar-refractivity contribution in [1.29, 1.82) is 0 Å². The summed E-state index contributed by atoms with van der Waals surface area (Å²) in [6, 6.07) is 9.33. The predicted octanol–water partition coefficient (Wildman–Crippen LogP) is 0.967. The highest BCUT2D eigenvalue weighted by atomic mass is 16.5. The lowest BCUT2D eigenvalue weighted by Gasteiger charge is -2.30. The number of piperidine rings is 1. The molecular formula is C17H20N2O4. The minimum Gasteiger partial charge on any atom is -0.452 e. The number of hydrogen-bond donors (Lipinski definition) is 1. The standard InChI is InChI=1S/C17H20N2O4/c18-17(22)14-8-10-19(11-9-14)15(20)12-23-16(21)7-6-13-4-2-1-3-5-13/h1-7,14H,8-12H2,(H2,18,22)/b7-6+. The summed E-state index contributed by atoms with van der Waals surface area (Å²) < 4.78 is 4.94. The highest BCUT2D eigenvalue weighted by Crippen LogP contribution is 2.16. The van der Waals surface area contributed by atoms with Crippen LogP contribution in [0.3, 0.4) is 0 Å². The fourth-order valence-electron chi connectivity index (χ4n) is 2.41. The van der Waals surface area contributed by atoms with Crippen LogP contribution >= 0.6 is 0 Å². The van der Waals surface area contributed by atoms with E-state index in [0.29, 0.717) is 25.9 Å². The number of nitrogens with two attached hydrogens (primary N) is 1. The molecule has 1 fully saturated rings. The van der Waals surface area contributed by atoms with Gasteiger partial charge < -0.3 is 15.4 Å². The summed E-state index contributed by atoms with van der Waals surface area (Å²) in [4.78, 5) is 36.2. The first-order valence-electron chi connectivity index (χ1n) is 7.53.